The molecule has 0 aromatic heterocycles. The first-order chi connectivity index (χ1) is 10.7. The Kier molecular flexibility index (Phi) is 9.56. The number of ether oxygens (including phenoxy) is 1. The number of carbonyl (C=O) groups excluding carboxylic acids is 2. The zero-order valence-electron chi connectivity index (χ0n) is 14.1. The first kappa shape index (κ1) is 20.2. The fraction of sp³-hybridized carbons (Fsp3) is 0.882. The second-order valence-electron chi connectivity index (χ2n) is 6.77. The lowest BCUT2D eigenvalue weighted by Crippen LogP contribution is -2.39. The van der Waals surface area contributed by atoms with E-state index in [1.165, 1.54) is 20.0 Å². The molecule has 2 N–H and O–H groups in total. The van der Waals surface area contributed by atoms with E-state index < -0.39 is 0 Å². The highest BCUT2D eigenvalue weighted by atomic mass is 35.5. The third-order valence-electron chi connectivity index (χ3n) is 4.90. The monoisotopic (exact) mass is 346 g/mol. The highest BCUT2D eigenvalue weighted by Gasteiger charge is 2.33. The van der Waals surface area contributed by atoms with Gasteiger partial charge in [-0.05, 0) is 44.4 Å². The van der Waals surface area contributed by atoms with Crippen molar-refractivity contribution in [3.05, 3.63) is 0 Å². The highest BCUT2D eigenvalue weighted by Crippen LogP contribution is 2.32. The Balaban J connectivity index is 0.00000264. The number of hydrogen-bond acceptors (Lipinski definition) is 4. The van der Waals surface area contributed by atoms with Crippen molar-refractivity contribution in [2.45, 2.75) is 76.3 Å². The van der Waals surface area contributed by atoms with Gasteiger partial charge in [-0.1, -0.05) is 12.8 Å². The number of nitrogens with one attached hydrogen (secondary N) is 2. The number of rotatable bonds is 9. The van der Waals surface area contributed by atoms with E-state index in [2.05, 4.69) is 15.4 Å². The van der Waals surface area contributed by atoms with Crippen LogP contribution in [0.2, 0.25) is 0 Å². The Morgan fingerprint density at radius 2 is 1.74 bits per heavy atom. The molecule has 2 heterocycles. The molecule has 2 aliphatic rings. The summed E-state index contributed by atoms with van der Waals surface area (Å²) >= 11 is 0. The van der Waals surface area contributed by atoms with Crippen molar-refractivity contribution in [1.29, 1.82) is 0 Å². The van der Waals surface area contributed by atoms with Gasteiger partial charge in [-0.25, -0.2) is 0 Å². The Morgan fingerprint density at radius 3 is 2.39 bits per heavy atom. The molecule has 134 valence electrons. The van der Waals surface area contributed by atoms with Crippen LogP contribution in [-0.2, 0) is 14.3 Å². The Bertz CT molecular complexity index is 367. The van der Waals surface area contributed by atoms with Gasteiger partial charge in [0.05, 0.1) is 7.11 Å². The van der Waals surface area contributed by atoms with Gasteiger partial charge in [0.15, 0.2) is 0 Å². The largest absolute Gasteiger partial charge is 0.469 e. The van der Waals surface area contributed by atoms with Crippen molar-refractivity contribution in [3.63, 3.8) is 0 Å². The first-order valence-corrected chi connectivity index (χ1v) is 8.77. The fourth-order valence-corrected chi connectivity index (χ4v) is 3.75. The number of hydrogen-bond donors (Lipinski definition) is 2. The van der Waals surface area contributed by atoms with Gasteiger partial charge in [0.25, 0.3) is 0 Å². The molecule has 6 heteroatoms. The van der Waals surface area contributed by atoms with E-state index in [1.54, 1.807) is 0 Å². The van der Waals surface area contributed by atoms with Crippen LogP contribution < -0.4 is 10.6 Å². The lowest BCUT2D eigenvalue weighted by molar-refractivity contribution is -0.140. The lowest BCUT2D eigenvalue weighted by Gasteiger charge is -2.28. The standard InChI is InChI=1S/C17H30N2O3.ClH/c1-22-17(21)6-4-2-3-5-9-18-16(20)12-13-10-14-7-8-15(11-13)19-14;/h13-15,19H,2-12H2,1H3,(H,18,20);1H. The summed E-state index contributed by atoms with van der Waals surface area (Å²) in [6.07, 6.45) is 10.0. The molecule has 2 fully saturated rings. The molecule has 23 heavy (non-hydrogen) atoms. The van der Waals surface area contributed by atoms with Crippen molar-refractivity contribution in [1.82, 2.24) is 10.6 Å². The molecule has 0 spiro atoms. The topological polar surface area (TPSA) is 67.4 Å². The smallest absolute Gasteiger partial charge is 0.305 e. The van der Waals surface area contributed by atoms with Crippen LogP contribution in [-0.4, -0.2) is 37.6 Å². The van der Waals surface area contributed by atoms with Crippen LogP contribution in [0.15, 0.2) is 0 Å². The van der Waals surface area contributed by atoms with Crippen molar-refractivity contribution in [3.8, 4) is 0 Å². The van der Waals surface area contributed by atoms with Crippen LogP contribution in [0.1, 0.15) is 64.2 Å². The average Bonchev–Trinajstić information content (AvgIpc) is 2.84. The molecule has 2 rings (SSSR count). The van der Waals surface area contributed by atoms with Crippen molar-refractivity contribution >= 4 is 24.3 Å². The SMILES string of the molecule is COC(=O)CCCCCCNC(=O)CC1CC2CCC(C1)N2.Cl. The number of esters is 1. The predicted octanol–water partition coefficient (Wildman–Crippen LogP) is 2.57. The Morgan fingerprint density at radius 1 is 1.09 bits per heavy atom. The maximum atomic E-state index is 12.0. The second-order valence-corrected chi connectivity index (χ2v) is 6.77. The molecule has 0 radical (unpaired) electrons. The normalized spacial score (nSPS) is 25.5. The third kappa shape index (κ3) is 7.53. The number of halogens is 1. The average molecular weight is 347 g/mol. The van der Waals surface area contributed by atoms with E-state index in [0.29, 0.717) is 30.8 Å². The molecular weight excluding hydrogens is 316 g/mol. The van der Waals surface area contributed by atoms with Gasteiger partial charge >= 0.3 is 5.97 Å². The van der Waals surface area contributed by atoms with Crippen molar-refractivity contribution in [2.75, 3.05) is 13.7 Å². The minimum absolute atomic E-state index is 0. The molecule has 2 atom stereocenters. The zero-order valence-corrected chi connectivity index (χ0v) is 15.0. The van der Waals surface area contributed by atoms with Crippen LogP contribution in [0.5, 0.6) is 0 Å². The molecule has 2 aliphatic heterocycles. The number of unbranched alkanes of at least 4 members (excludes halogenated alkanes) is 3. The van der Waals surface area contributed by atoms with Gasteiger partial charge in [-0.3, -0.25) is 9.59 Å². The number of fused-ring (bicyclic) bond motifs is 2. The van der Waals surface area contributed by atoms with Crippen LogP contribution in [0.25, 0.3) is 0 Å². The number of piperidine rings is 1. The van der Waals surface area contributed by atoms with E-state index in [0.717, 1.165) is 45.1 Å². The van der Waals surface area contributed by atoms with Gasteiger partial charge in [0.2, 0.25) is 5.91 Å². The number of carbonyl (C=O) groups is 2. The molecular formula is C17H31ClN2O3. The summed E-state index contributed by atoms with van der Waals surface area (Å²) in [5.41, 5.74) is 0. The summed E-state index contributed by atoms with van der Waals surface area (Å²) < 4.78 is 4.60. The van der Waals surface area contributed by atoms with E-state index in [9.17, 15) is 9.59 Å². The Labute approximate surface area is 145 Å². The van der Waals surface area contributed by atoms with Crippen LogP contribution in [0, 0.1) is 5.92 Å². The van der Waals surface area contributed by atoms with Crippen LogP contribution >= 0.6 is 12.4 Å². The second kappa shape index (κ2) is 10.9. The summed E-state index contributed by atoms with van der Waals surface area (Å²) in [6.45, 7) is 0.759. The molecule has 0 saturated carbocycles. The molecule has 0 aromatic rings. The molecule has 0 aromatic carbocycles. The number of methoxy groups -OCH3 is 1. The van der Waals surface area contributed by atoms with E-state index in [4.69, 9.17) is 0 Å². The molecule has 5 nitrogen and oxygen atoms in total. The van der Waals surface area contributed by atoms with Gasteiger partial charge in [-0.15, -0.1) is 12.4 Å². The highest BCUT2D eigenvalue weighted by molar-refractivity contribution is 5.85. The summed E-state index contributed by atoms with van der Waals surface area (Å²) in [7, 11) is 1.42. The quantitative estimate of drug-likeness (QED) is 0.497. The zero-order chi connectivity index (χ0) is 15.8. The van der Waals surface area contributed by atoms with Gasteiger partial charge in [0.1, 0.15) is 0 Å². The summed E-state index contributed by atoms with van der Waals surface area (Å²) in [5.74, 6) is 0.643. The van der Waals surface area contributed by atoms with Gasteiger partial charge in [0, 0.05) is 31.5 Å². The number of amides is 1. The third-order valence-corrected chi connectivity index (χ3v) is 4.90. The molecule has 0 aliphatic carbocycles. The van der Waals surface area contributed by atoms with Crippen LogP contribution in [0.3, 0.4) is 0 Å². The minimum Gasteiger partial charge on any atom is -0.469 e. The minimum atomic E-state index is -0.135. The lowest BCUT2D eigenvalue weighted by atomic mass is 9.89. The van der Waals surface area contributed by atoms with E-state index in [-0.39, 0.29) is 24.3 Å². The van der Waals surface area contributed by atoms with E-state index >= 15 is 0 Å². The molecule has 2 unspecified atom stereocenters. The maximum absolute atomic E-state index is 12.0. The molecule has 2 saturated heterocycles. The maximum Gasteiger partial charge on any atom is 0.305 e. The van der Waals surface area contributed by atoms with Gasteiger partial charge < -0.3 is 15.4 Å². The van der Waals surface area contributed by atoms with Crippen molar-refractivity contribution in [2.24, 2.45) is 5.92 Å². The Hall–Kier alpha value is -0.810. The summed E-state index contributed by atoms with van der Waals surface area (Å²) in [5, 5.41) is 6.65. The van der Waals surface area contributed by atoms with Gasteiger partial charge in [-0.2, -0.15) is 0 Å². The summed E-state index contributed by atoms with van der Waals surface area (Å²) in [4.78, 5) is 22.9. The first-order valence-electron chi connectivity index (χ1n) is 8.77. The van der Waals surface area contributed by atoms with E-state index in [1.807, 2.05) is 0 Å². The summed E-state index contributed by atoms with van der Waals surface area (Å²) in [6, 6.07) is 1.32. The van der Waals surface area contributed by atoms with Crippen LogP contribution in [0.4, 0.5) is 0 Å². The molecule has 1 amide bonds. The van der Waals surface area contributed by atoms with Crippen molar-refractivity contribution < 1.29 is 14.3 Å². The fourth-order valence-electron chi connectivity index (χ4n) is 3.75. The molecule has 2 bridgehead atoms. The predicted molar refractivity (Wildman–Crippen MR) is 92.6 cm³/mol.